The lowest BCUT2D eigenvalue weighted by atomic mass is 9.91. The van der Waals surface area contributed by atoms with Crippen LogP contribution in [0.5, 0.6) is 5.75 Å². The number of esters is 2. The molecule has 1 saturated carbocycles. The Hall–Kier alpha value is -2.94. The average molecular weight is 613 g/mol. The highest BCUT2D eigenvalue weighted by Gasteiger charge is 2.47. The van der Waals surface area contributed by atoms with E-state index < -0.39 is 24.3 Å². The van der Waals surface area contributed by atoms with Crippen LogP contribution in [0.15, 0.2) is 60.4 Å². The fourth-order valence-corrected chi connectivity index (χ4v) is 5.99. The minimum absolute atomic E-state index is 0.0820. The predicted molar refractivity (Wildman–Crippen MR) is 163 cm³/mol. The monoisotopic (exact) mass is 612 g/mol. The number of allylic oxidation sites excluding steroid dienone is 1. The van der Waals surface area contributed by atoms with E-state index in [-0.39, 0.29) is 30.3 Å². The number of hydrogen-bond donors (Lipinski definition) is 0. The number of benzene rings is 1. The molecule has 3 aliphatic rings. The van der Waals surface area contributed by atoms with Crippen LogP contribution in [0.1, 0.15) is 77.6 Å². The molecule has 1 aromatic carbocycles. The maximum absolute atomic E-state index is 13.2. The standard InChI is InChI=1S/C35H48O9/c1-27(36)42-31-22-21-28(15-8-12-24-39-29-16-5-3-6-17-29)30(31)18-7-4-11-23-35(34(37)38-2,43-32-19-9-13-25-40-32)44-33-20-10-14-26-41-33/h3,5-8,11,15-17,28,30-33H,9-10,12-14,18-26H2,1-2H3/b15-8+/t4?,28-,30+,31-,32?,33?,35?/m0/s1. The number of methoxy groups -OCH3 is 1. The molecule has 0 bridgehead atoms. The highest BCUT2D eigenvalue weighted by molar-refractivity contribution is 5.78. The van der Waals surface area contributed by atoms with E-state index in [1.807, 2.05) is 36.4 Å². The third kappa shape index (κ3) is 10.6. The van der Waals surface area contributed by atoms with Crippen LogP contribution in [0, 0.1) is 11.8 Å². The van der Waals surface area contributed by atoms with Crippen molar-refractivity contribution in [1.82, 2.24) is 0 Å². The summed E-state index contributed by atoms with van der Waals surface area (Å²) >= 11 is 0. The maximum Gasteiger partial charge on any atom is 0.367 e. The van der Waals surface area contributed by atoms with Gasteiger partial charge >= 0.3 is 11.9 Å². The van der Waals surface area contributed by atoms with Crippen molar-refractivity contribution < 1.29 is 42.7 Å². The lowest BCUT2D eigenvalue weighted by molar-refractivity contribution is -0.350. The zero-order valence-corrected chi connectivity index (χ0v) is 26.2. The largest absolute Gasteiger partial charge is 0.493 e. The molecule has 3 fully saturated rings. The maximum atomic E-state index is 13.2. The van der Waals surface area contributed by atoms with Crippen molar-refractivity contribution in [2.75, 3.05) is 26.9 Å². The molecule has 0 amide bonds. The highest BCUT2D eigenvalue weighted by atomic mass is 16.8. The fraction of sp³-hybridized carbons (Fsp3) is 0.629. The molecule has 5 atom stereocenters. The summed E-state index contributed by atoms with van der Waals surface area (Å²) in [5, 5.41) is 0. The van der Waals surface area contributed by atoms with Gasteiger partial charge in [0.05, 0.1) is 13.7 Å². The molecule has 0 aromatic heterocycles. The lowest BCUT2D eigenvalue weighted by Gasteiger charge is -2.38. The summed E-state index contributed by atoms with van der Waals surface area (Å²) in [5.74, 6) is -1.37. The first kappa shape index (κ1) is 33.9. The van der Waals surface area contributed by atoms with E-state index in [2.05, 4.69) is 17.9 Å². The Kier molecular flexibility index (Phi) is 14.0. The molecule has 0 spiro atoms. The molecule has 44 heavy (non-hydrogen) atoms. The number of hydrogen-bond acceptors (Lipinski definition) is 9. The van der Waals surface area contributed by atoms with Crippen molar-refractivity contribution in [2.45, 2.75) is 102 Å². The van der Waals surface area contributed by atoms with E-state index >= 15 is 0 Å². The van der Waals surface area contributed by atoms with Crippen LogP contribution in [0.3, 0.4) is 0 Å². The first-order valence-electron chi connectivity index (χ1n) is 16.1. The van der Waals surface area contributed by atoms with Gasteiger partial charge in [0.2, 0.25) is 0 Å². The number of rotatable bonds is 15. The molecule has 2 unspecified atom stereocenters. The Bertz CT molecular complexity index is 1080. The molecule has 242 valence electrons. The number of ether oxygens (including phenoxy) is 7. The molecule has 2 heterocycles. The van der Waals surface area contributed by atoms with Gasteiger partial charge in [-0.3, -0.25) is 4.79 Å². The second kappa shape index (κ2) is 18.1. The van der Waals surface area contributed by atoms with Crippen molar-refractivity contribution in [2.24, 2.45) is 11.8 Å². The quantitative estimate of drug-likeness (QED) is 0.0731. The topological polar surface area (TPSA) is 98.8 Å². The second-order valence-electron chi connectivity index (χ2n) is 11.5. The molecule has 2 saturated heterocycles. The molecule has 0 radical (unpaired) electrons. The normalized spacial score (nSPS) is 26.7. The third-order valence-corrected chi connectivity index (χ3v) is 8.22. The van der Waals surface area contributed by atoms with Gasteiger partial charge in [-0.05, 0) is 94.4 Å². The summed E-state index contributed by atoms with van der Waals surface area (Å²) in [7, 11) is 1.32. The Morgan fingerprint density at radius 3 is 2.27 bits per heavy atom. The van der Waals surface area contributed by atoms with Gasteiger partial charge in [0.25, 0.3) is 5.79 Å². The van der Waals surface area contributed by atoms with Crippen LogP contribution in [-0.4, -0.2) is 63.3 Å². The van der Waals surface area contributed by atoms with Crippen LogP contribution < -0.4 is 4.74 Å². The van der Waals surface area contributed by atoms with Gasteiger partial charge < -0.3 is 33.2 Å². The molecule has 2 aliphatic heterocycles. The average Bonchev–Trinajstić information content (AvgIpc) is 3.41. The summed E-state index contributed by atoms with van der Waals surface area (Å²) in [4.78, 5) is 25.0. The zero-order chi connectivity index (χ0) is 31.0. The van der Waals surface area contributed by atoms with Crippen molar-refractivity contribution in [3.8, 4) is 5.75 Å². The smallest absolute Gasteiger partial charge is 0.367 e. The van der Waals surface area contributed by atoms with E-state index in [1.165, 1.54) is 14.0 Å². The van der Waals surface area contributed by atoms with Crippen LogP contribution in [0.4, 0.5) is 0 Å². The molecule has 1 aromatic rings. The molecule has 1 aliphatic carbocycles. The van der Waals surface area contributed by atoms with Crippen LogP contribution in [-0.2, 0) is 38.0 Å². The van der Waals surface area contributed by atoms with E-state index in [4.69, 9.17) is 33.2 Å². The molecular weight excluding hydrogens is 564 g/mol. The SMILES string of the molecule is COC(=O)C(CC=C=CC[C@H]1[C@@H](OC(C)=O)CC[C@@H]1/C=C/CCOc1ccccc1)(OC1CCCCO1)OC1CCCCO1. The van der Waals surface area contributed by atoms with Crippen LogP contribution in [0.25, 0.3) is 0 Å². The van der Waals surface area contributed by atoms with Gasteiger partial charge in [0, 0.05) is 32.5 Å². The number of carbonyl (C=O) groups is 2. The molecule has 9 heteroatoms. The fourth-order valence-electron chi connectivity index (χ4n) is 5.99. The Labute approximate surface area is 261 Å². The van der Waals surface area contributed by atoms with E-state index in [9.17, 15) is 9.59 Å². The summed E-state index contributed by atoms with van der Waals surface area (Å²) in [6.07, 6.45) is 15.1. The zero-order valence-electron chi connectivity index (χ0n) is 26.2. The molecular formula is C35H48O9. The first-order chi connectivity index (χ1) is 21.5. The van der Waals surface area contributed by atoms with Gasteiger partial charge in [0.1, 0.15) is 11.9 Å². The van der Waals surface area contributed by atoms with Crippen LogP contribution in [0.2, 0.25) is 0 Å². The van der Waals surface area contributed by atoms with Gasteiger partial charge in [-0.25, -0.2) is 4.79 Å². The summed E-state index contributed by atoms with van der Waals surface area (Å²) in [6, 6.07) is 9.77. The predicted octanol–water partition coefficient (Wildman–Crippen LogP) is 6.42. The summed E-state index contributed by atoms with van der Waals surface area (Å²) < 4.78 is 40.7. The Morgan fingerprint density at radius 2 is 1.66 bits per heavy atom. The second-order valence-corrected chi connectivity index (χ2v) is 11.5. The summed E-state index contributed by atoms with van der Waals surface area (Å²) in [5.41, 5.74) is 3.23. The van der Waals surface area contributed by atoms with Crippen molar-refractivity contribution in [3.63, 3.8) is 0 Å². The Balaban J connectivity index is 1.40. The summed E-state index contributed by atoms with van der Waals surface area (Å²) in [6.45, 7) is 3.18. The number of carbonyl (C=O) groups excluding carboxylic acids is 2. The number of para-hydroxylation sites is 1. The van der Waals surface area contributed by atoms with E-state index in [1.54, 1.807) is 6.08 Å². The lowest BCUT2D eigenvalue weighted by Crippen LogP contribution is -2.51. The van der Waals surface area contributed by atoms with E-state index in [0.717, 1.165) is 50.7 Å². The van der Waals surface area contributed by atoms with Crippen molar-refractivity contribution >= 4 is 11.9 Å². The molecule has 9 nitrogen and oxygen atoms in total. The minimum atomic E-state index is -1.71. The van der Waals surface area contributed by atoms with Gasteiger partial charge in [0.15, 0.2) is 12.6 Å². The van der Waals surface area contributed by atoms with Crippen molar-refractivity contribution in [1.29, 1.82) is 0 Å². The highest BCUT2D eigenvalue weighted by Crippen LogP contribution is 2.38. The van der Waals surface area contributed by atoms with Gasteiger partial charge in [-0.2, -0.15) is 0 Å². The first-order valence-corrected chi connectivity index (χ1v) is 16.1. The Morgan fingerprint density at radius 1 is 0.955 bits per heavy atom. The van der Waals surface area contributed by atoms with Gasteiger partial charge in [-0.15, -0.1) is 5.73 Å². The molecule has 4 rings (SSSR count). The minimum Gasteiger partial charge on any atom is -0.493 e. The van der Waals surface area contributed by atoms with Crippen molar-refractivity contribution in [3.05, 3.63) is 60.4 Å². The van der Waals surface area contributed by atoms with E-state index in [0.29, 0.717) is 39.1 Å². The third-order valence-electron chi connectivity index (χ3n) is 8.22. The van der Waals surface area contributed by atoms with Gasteiger partial charge in [-0.1, -0.05) is 30.4 Å². The van der Waals surface area contributed by atoms with Crippen LogP contribution >= 0.6 is 0 Å². The molecule has 0 N–H and O–H groups in total.